The van der Waals surface area contributed by atoms with Crippen LogP contribution < -0.4 is 0 Å². The van der Waals surface area contributed by atoms with Crippen LogP contribution in [0.2, 0.25) is 0 Å². The predicted molar refractivity (Wildman–Crippen MR) is 90.0 cm³/mol. The Morgan fingerprint density at radius 2 is 2.12 bits per heavy atom. The van der Waals surface area contributed by atoms with Crippen molar-refractivity contribution in [2.45, 2.75) is 46.3 Å². The van der Waals surface area contributed by atoms with E-state index in [0.717, 1.165) is 6.54 Å². The van der Waals surface area contributed by atoms with Gasteiger partial charge in [0.2, 0.25) is 11.8 Å². The summed E-state index contributed by atoms with van der Waals surface area (Å²) in [7, 11) is 0. The van der Waals surface area contributed by atoms with Crippen molar-refractivity contribution in [2.24, 2.45) is 5.92 Å². The van der Waals surface area contributed by atoms with E-state index < -0.39 is 0 Å². The molecule has 0 N–H and O–H groups in total. The third-order valence-electron chi connectivity index (χ3n) is 4.01. The minimum atomic E-state index is -0.386. The number of rotatable bonds is 5. The van der Waals surface area contributed by atoms with Crippen LogP contribution in [0.4, 0.5) is 0 Å². The molecule has 1 saturated heterocycles. The van der Waals surface area contributed by atoms with Crippen LogP contribution in [0.15, 0.2) is 16.8 Å². The Balaban J connectivity index is 1.67. The van der Waals surface area contributed by atoms with Gasteiger partial charge in [-0.25, -0.2) is 0 Å². The lowest BCUT2D eigenvalue weighted by atomic mass is 10.2. The van der Waals surface area contributed by atoms with Crippen LogP contribution in [0.25, 0.3) is 0 Å². The highest BCUT2D eigenvalue weighted by molar-refractivity contribution is 5.93. The van der Waals surface area contributed by atoms with Crippen molar-refractivity contribution in [1.82, 2.24) is 24.9 Å². The monoisotopic (exact) mass is 347 g/mol. The van der Waals surface area contributed by atoms with Crippen LogP contribution in [0.5, 0.6) is 0 Å². The van der Waals surface area contributed by atoms with Crippen LogP contribution in [0.3, 0.4) is 0 Å². The van der Waals surface area contributed by atoms with Gasteiger partial charge in [-0.15, -0.1) is 10.2 Å². The summed E-state index contributed by atoms with van der Waals surface area (Å²) in [6.45, 7) is 10.4. The van der Waals surface area contributed by atoms with E-state index in [4.69, 9.17) is 9.15 Å². The van der Waals surface area contributed by atoms with Crippen LogP contribution in [0.1, 0.15) is 61.9 Å². The second-order valence-corrected chi connectivity index (χ2v) is 7.09. The summed E-state index contributed by atoms with van der Waals surface area (Å²) in [6, 6.07) is 0. The van der Waals surface area contributed by atoms with E-state index in [1.54, 1.807) is 17.3 Å². The van der Waals surface area contributed by atoms with E-state index in [2.05, 4.69) is 29.1 Å². The molecule has 0 saturated carbocycles. The minimum absolute atomic E-state index is 0.0492. The van der Waals surface area contributed by atoms with Gasteiger partial charge >= 0.3 is 0 Å². The molecule has 25 heavy (non-hydrogen) atoms. The van der Waals surface area contributed by atoms with Crippen LogP contribution in [-0.4, -0.2) is 50.5 Å². The zero-order valence-corrected chi connectivity index (χ0v) is 15.2. The van der Waals surface area contributed by atoms with Gasteiger partial charge in [-0.2, -0.15) is 5.10 Å². The summed E-state index contributed by atoms with van der Waals surface area (Å²) in [4.78, 5) is 14.5. The van der Waals surface area contributed by atoms with Gasteiger partial charge in [0.25, 0.3) is 5.91 Å². The molecule has 0 bridgehead atoms. The average Bonchev–Trinajstić information content (AvgIpc) is 3.23. The van der Waals surface area contributed by atoms with Gasteiger partial charge in [0.15, 0.2) is 6.10 Å². The second-order valence-electron chi connectivity index (χ2n) is 7.09. The molecule has 1 amide bonds. The van der Waals surface area contributed by atoms with Crippen molar-refractivity contribution in [2.75, 3.05) is 19.7 Å². The predicted octanol–water partition coefficient (Wildman–Crippen LogP) is 2.26. The average molecular weight is 347 g/mol. The molecule has 3 rings (SSSR count). The highest BCUT2D eigenvalue weighted by Crippen LogP contribution is 2.24. The van der Waals surface area contributed by atoms with Gasteiger partial charge in [0, 0.05) is 25.2 Å². The molecule has 8 nitrogen and oxygen atoms in total. The fourth-order valence-electron chi connectivity index (χ4n) is 2.72. The van der Waals surface area contributed by atoms with Crippen LogP contribution in [0, 0.1) is 5.92 Å². The maximum absolute atomic E-state index is 12.7. The van der Waals surface area contributed by atoms with Gasteiger partial charge in [0.1, 0.15) is 0 Å². The lowest BCUT2D eigenvalue weighted by Crippen LogP contribution is -2.42. The van der Waals surface area contributed by atoms with E-state index in [1.165, 1.54) is 0 Å². The maximum atomic E-state index is 12.7. The molecule has 1 fully saturated rings. The number of hydrogen-bond acceptors (Lipinski definition) is 6. The maximum Gasteiger partial charge on any atom is 0.257 e. The lowest BCUT2D eigenvalue weighted by molar-refractivity contribution is -0.0351. The number of ether oxygens (including phenoxy) is 1. The Morgan fingerprint density at radius 1 is 1.32 bits per heavy atom. The molecular weight excluding hydrogens is 322 g/mol. The molecule has 136 valence electrons. The number of nitrogens with zero attached hydrogens (tertiary/aromatic N) is 5. The highest BCUT2D eigenvalue weighted by atomic mass is 16.5. The van der Waals surface area contributed by atoms with E-state index in [1.807, 2.05) is 18.5 Å². The second kappa shape index (κ2) is 7.35. The first-order valence-electron chi connectivity index (χ1n) is 8.70. The number of morpholine rings is 1. The van der Waals surface area contributed by atoms with Crippen molar-refractivity contribution >= 4 is 5.91 Å². The first kappa shape index (κ1) is 17.6. The van der Waals surface area contributed by atoms with Crippen molar-refractivity contribution < 1.29 is 13.9 Å². The van der Waals surface area contributed by atoms with Gasteiger partial charge in [0.05, 0.1) is 24.9 Å². The molecule has 2 aromatic rings. The molecule has 1 aliphatic heterocycles. The highest BCUT2D eigenvalue weighted by Gasteiger charge is 2.30. The standard InChI is InChI=1S/C17H25N5O3/c1-11(2)8-22-9-13(7-18-22)17(23)21-5-6-24-14(10-21)16-20-19-15(25-16)12(3)4/h7,9,11-12,14H,5-6,8,10H2,1-4H3/t14-/m1/s1. The summed E-state index contributed by atoms with van der Waals surface area (Å²) in [6.07, 6.45) is 3.04. The minimum Gasteiger partial charge on any atom is -0.422 e. The molecule has 0 unspecified atom stereocenters. The van der Waals surface area contributed by atoms with E-state index in [0.29, 0.717) is 43.0 Å². The Hall–Kier alpha value is -2.22. The van der Waals surface area contributed by atoms with E-state index in [-0.39, 0.29) is 17.9 Å². The molecule has 0 aliphatic carbocycles. The number of carbonyl (C=O) groups excluding carboxylic acids is 1. The Kier molecular flexibility index (Phi) is 5.17. The van der Waals surface area contributed by atoms with Crippen molar-refractivity contribution in [3.63, 3.8) is 0 Å². The summed E-state index contributed by atoms with van der Waals surface area (Å²) in [5, 5.41) is 12.4. The quantitative estimate of drug-likeness (QED) is 0.824. The van der Waals surface area contributed by atoms with Crippen LogP contribution >= 0.6 is 0 Å². The molecule has 0 aromatic carbocycles. The molecule has 1 aliphatic rings. The molecule has 2 aromatic heterocycles. The molecule has 8 heteroatoms. The third kappa shape index (κ3) is 4.07. The zero-order chi connectivity index (χ0) is 18.0. The lowest BCUT2D eigenvalue weighted by Gasteiger charge is -2.31. The zero-order valence-electron chi connectivity index (χ0n) is 15.2. The van der Waals surface area contributed by atoms with E-state index >= 15 is 0 Å². The first-order chi connectivity index (χ1) is 11.9. The van der Waals surface area contributed by atoms with Gasteiger partial charge < -0.3 is 14.1 Å². The Bertz CT molecular complexity index is 721. The first-order valence-corrected chi connectivity index (χ1v) is 8.70. The van der Waals surface area contributed by atoms with Gasteiger partial charge in [-0.3, -0.25) is 9.48 Å². The number of hydrogen-bond donors (Lipinski definition) is 0. The topological polar surface area (TPSA) is 86.3 Å². The molecular formula is C17H25N5O3. The Labute approximate surface area is 147 Å². The fourth-order valence-corrected chi connectivity index (χ4v) is 2.72. The van der Waals surface area contributed by atoms with Gasteiger partial charge in [-0.1, -0.05) is 27.7 Å². The Morgan fingerprint density at radius 3 is 2.80 bits per heavy atom. The fraction of sp³-hybridized carbons (Fsp3) is 0.647. The molecule has 1 atom stereocenters. The summed E-state index contributed by atoms with van der Waals surface area (Å²) in [5.41, 5.74) is 0.592. The van der Waals surface area contributed by atoms with Crippen LogP contribution in [-0.2, 0) is 11.3 Å². The molecule has 0 radical (unpaired) electrons. The van der Waals surface area contributed by atoms with E-state index in [9.17, 15) is 4.79 Å². The summed E-state index contributed by atoms with van der Waals surface area (Å²) in [5.74, 6) is 1.60. The molecule has 3 heterocycles. The summed E-state index contributed by atoms with van der Waals surface area (Å²) < 4.78 is 13.2. The van der Waals surface area contributed by atoms with Crippen molar-refractivity contribution in [3.05, 3.63) is 29.7 Å². The normalized spacial score (nSPS) is 18.3. The molecule has 0 spiro atoms. The van der Waals surface area contributed by atoms with Gasteiger partial charge in [-0.05, 0) is 5.92 Å². The number of carbonyl (C=O) groups is 1. The van der Waals surface area contributed by atoms with Crippen molar-refractivity contribution in [1.29, 1.82) is 0 Å². The SMILES string of the molecule is CC(C)Cn1cc(C(=O)N2CCO[C@@H](c3nnc(C(C)C)o3)C2)cn1. The van der Waals surface area contributed by atoms with Crippen molar-refractivity contribution in [3.8, 4) is 0 Å². The third-order valence-corrected chi connectivity index (χ3v) is 4.01. The smallest absolute Gasteiger partial charge is 0.257 e. The number of aromatic nitrogens is 4. The largest absolute Gasteiger partial charge is 0.422 e. The summed E-state index contributed by atoms with van der Waals surface area (Å²) >= 11 is 0. The number of amides is 1.